The van der Waals surface area contributed by atoms with E-state index in [0.29, 0.717) is 11.7 Å². The molecule has 9 heavy (non-hydrogen) atoms. The zero-order chi connectivity index (χ0) is 7.28. The second-order valence-electron chi connectivity index (χ2n) is 2.11. The maximum absolute atomic E-state index is 5.25. The van der Waals surface area contributed by atoms with Crippen molar-refractivity contribution in [2.24, 2.45) is 10.7 Å². The first-order valence-electron chi connectivity index (χ1n) is 3.14. The largest absolute Gasteiger partial charge is 0.398 e. The quantitative estimate of drug-likeness (QED) is 0.569. The lowest BCUT2D eigenvalue weighted by Gasteiger charge is -1.98. The summed E-state index contributed by atoms with van der Waals surface area (Å²) >= 11 is 0. The SMILES string of the molecule is C=C(N)/C=N\C(C)CC. The van der Waals surface area contributed by atoms with Crippen LogP contribution in [0.4, 0.5) is 0 Å². The Labute approximate surface area is 56.5 Å². The fraction of sp³-hybridized carbons (Fsp3) is 0.571. The molecule has 0 saturated carbocycles. The summed E-state index contributed by atoms with van der Waals surface area (Å²) in [5.41, 5.74) is 5.78. The van der Waals surface area contributed by atoms with Gasteiger partial charge in [0.1, 0.15) is 0 Å². The van der Waals surface area contributed by atoms with Gasteiger partial charge in [-0.15, -0.1) is 0 Å². The summed E-state index contributed by atoms with van der Waals surface area (Å²) in [6.45, 7) is 7.62. The number of hydrogen-bond acceptors (Lipinski definition) is 2. The van der Waals surface area contributed by atoms with E-state index in [2.05, 4.69) is 18.5 Å². The molecule has 2 nitrogen and oxygen atoms in total. The highest BCUT2D eigenvalue weighted by Crippen LogP contribution is 1.92. The highest BCUT2D eigenvalue weighted by Gasteiger charge is 1.89. The monoisotopic (exact) mass is 126 g/mol. The third-order valence-electron chi connectivity index (χ3n) is 1.09. The topological polar surface area (TPSA) is 38.4 Å². The molecule has 1 atom stereocenters. The molecule has 0 amide bonds. The second kappa shape index (κ2) is 4.13. The molecule has 0 aromatic heterocycles. The Morgan fingerprint density at radius 2 is 2.44 bits per heavy atom. The summed E-state index contributed by atoms with van der Waals surface area (Å²) in [6, 6.07) is 0.366. The van der Waals surface area contributed by atoms with Crippen LogP contribution < -0.4 is 5.73 Å². The van der Waals surface area contributed by atoms with Gasteiger partial charge in [-0.3, -0.25) is 4.99 Å². The van der Waals surface area contributed by atoms with Gasteiger partial charge in [-0.2, -0.15) is 0 Å². The number of aliphatic imine (C=N–C) groups is 1. The molecule has 0 aliphatic carbocycles. The summed E-state index contributed by atoms with van der Waals surface area (Å²) in [6.07, 6.45) is 2.65. The Bertz CT molecular complexity index is 116. The molecule has 0 spiro atoms. The molecule has 0 heterocycles. The summed E-state index contributed by atoms with van der Waals surface area (Å²) in [4.78, 5) is 4.09. The number of nitrogens with zero attached hydrogens (tertiary/aromatic N) is 1. The molecular formula is C7H14N2. The average molecular weight is 126 g/mol. The van der Waals surface area contributed by atoms with E-state index in [-0.39, 0.29) is 0 Å². The van der Waals surface area contributed by atoms with Crippen LogP contribution in [0.1, 0.15) is 20.3 Å². The van der Waals surface area contributed by atoms with Crippen LogP contribution in [-0.4, -0.2) is 12.3 Å². The van der Waals surface area contributed by atoms with Crippen LogP contribution in [0.25, 0.3) is 0 Å². The standard InChI is InChI=1S/C7H14N2/c1-4-7(3)9-5-6(2)8/h5,7H,2,4,8H2,1,3H3/b9-5-. The summed E-state index contributed by atoms with van der Waals surface area (Å²) in [7, 11) is 0. The van der Waals surface area contributed by atoms with Crippen LogP contribution in [0, 0.1) is 0 Å². The number of hydrogen-bond donors (Lipinski definition) is 1. The summed E-state index contributed by atoms with van der Waals surface area (Å²) in [5.74, 6) is 0. The Morgan fingerprint density at radius 1 is 1.89 bits per heavy atom. The number of rotatable bonds is 3. The Kier molecular flexibility index (Phi) is 3.76. The van der Waals surface area contributed by atoms with Crippen LogP contribution in [0.2, 0.25) is 0 Å². The van der Waals surface area contributed by atoms with E-state index in [1.54, 1.807) is 6.21 Å². The van der Waals surface area contributed by atoms with Crippen LogP contribution in [0.3, 0.4) is 0 Å². The van der Waals surface area contributed by atoms with E-state index in [0.717, 1.165) is 6.42 Å². The van der Waals surface area contributed by atoms with E-state index in [4.69, 9.17) is 5.73 Å². The maximum atomic E-state index is 5.25. The first-order chi connectivity index (χ1) is 4.16. The lowest BCUT2D eigenvalue weighted by Crippen LogP contribution is -2.00. The van der Waals surface area contributed by atoms with E-state index in [1.807, 2.05) is 6.92 Å². The molecule has 0 aromatic carbocycles. The average Bonchev–Trinajstić information content (AvgIpc) is 1.83. The van der Waals surface area contributed by atoms with Crippen molar-refractivity contribution in [2.45, 2.75) is 26.3 Å². The van der Waals surface area contributed by atoms with Crippen LogP contribution in [-0.2, 0) is 0 Å². The predicted molar refractivity (Wildman–Crippen MR) is 41.6 cm³/mol. The lowest BCUT2D eigenvalue weighted by molar-refractivity contribution is 0.720. The molecule has 0 radical (unpaired) electrons. The summed E-state index contributed by atoms with van der Waals surface area (Å²) in [5, 5.41) is 0. The van der Waals surface area contributed by atoms with Crippen molar-refractivity contribution in [1.82, 2.24) is 0 Å². The molecule has 0 fully saturated rings. The minimum atomic E-state index is 0.366. The van der Waals surface area contributed by atoms with Crippen LogP contribution in [0.15, 0.2) is 17.3 Å². The number of nitrogens with two attached hydrogens (primary N) is 1. The molecule has 2 N–H and O–H groups in total. The highest BCUT2D eigenvalue weighted by atomic mass is 14.8. The Balaban J connectivity index is 3.56. The minimum Gasteiger partial charge on any atom is -0.398 e. The van der Waals surface area contributed by atoms with Gasteiger partial charge in [-0.1, -0.05) is 13.5 Å². The highest BCUT2D eigenvalue weighted by molar-refractivity contribution is 5.76. The lowest BCUT2D eigenvalue weighted by atomic mass is 10.3. The van der Waals surface area contributed by atoms with Gasteiger partial charge in [-0.25, -0.2) is 0 Å². The Morgan fingerprint density at radius 3 is 2.78 bits per heavy atom. The zero-order valence-corrected chi connectivity index (χ0v) is 6.09. The molecule has 52 valence electrons. The first-order valence-corrected chi connectivity index (χ1v) is 3.14. The predicted octanol–water partition coefficient (Wildman–Crippen LogP) is 1.33. The normalized spacial score (nSPS) is 14.0. The fourth-order valence-electron chi connectivity index (χ4n) is 0.328. The van der Waals surface area contributed by atoms with Gasteiger partial charge in [0.05, 0.1) is 0 Å². The van der Waals surface area contributed by atoms with Crippen molar-refractivity contribution >= 4 is 6.21 Å². The maximum Gasteiger partial charge on any atom is 0.0469 e. The summed E-state index contributed by atoms with van der Waals surface area (Å²) < 4.78 is 0. The van der Waals surface area contributed by atoms with Crippen molar-refractivity contribution < 1.29 is 0 Å². The molecule has 2 heteroatoms. The fourth-order valence-corrected chi connectivity index (χ4v) is 0.328. The molecular weight excluding hydrogens is 112 g/mol. The van der Waals surface area contributed by atoms with E-state index in [9.17, 15) is 0 Å². The van der Waals surface area contributed by atoms with Gasteiger partial charge in [0, 0.05) is 18.0 Å². The van der Waals surface area contributed by atoms with Gasteiger partial charge >= 0.3 is 0 Å². The second-order valence-corrected chi connectivity index (χ2v) is 2.11. The van der Waals surface area contributed by atoms with E-state index >= 15 is 0 Å². The van der Waals surface area contributed by atoms with Gasteiger partial charge < -0.3 is 5.73 Å². The van der Waals surface area contributed by atoms with Crippen LogP contribution >= 0.6 is 0 Å². The van der Waals surface area contributed by atoms with Crippen molar-refractivity contribution in [3.05, 3.63) is 12.3 Å². The van der Waals surface area contributed by atoms with Crippen LogP contribution in [0.5, 0.6) is 0 Å². The van der Waals surface area contributed by atoms with Gasteiger partial charge in [0.15, 0.2) is 0 Å². The molecule has 0 aliphatic rings. The van der Waals surface area contributed by atoms with Crippen molar-refractivity contribution in [3.63, 3.8) is 0 Å². The van der Waals surface area contributed by atoms with Gasteiger partial charge in [0.25, 0.3) is 0 Å². The molecule has 0 bridgehead atoms. The van der Waals surface area contributed by atoms with Gasteiger partial charge in [-0.05, 0) is 13.3 Å². The van der Waals surface area contributed by atoms with Crippen molar-refractivity contribution in [3.8, 4) is 0 Å². The molecule has 0 rings (SSSR count). The number of allylic oxidation sites excluding steroid dienone is 1. The molecule has 0 aliphatic heterocycles. The molecule has 1 unspecified atom stereocenters. The van der Waals surface area contributed by atoms with Crippen molar-refractivity contribution in [2.75, 3.05) is 0 Å². The smallest absolute Gasteiger partial charge is 0.0469 e. The van der Waals surface area contributed by atoms with E-state index < -0.39 is 0 Å². The molecule has 0 aromatic rings. The van der Waals surface area contributed by atoms with Crippen molar-refractivity contribution in [1.29, 1.82) is 0 Å². The third kappa shape index (κ3) is 5.07. The first kappa shape index (κ1) is 8.21. The Hall–Kier alpha value is -0.790. The van der Waals surface area contributed by atoms with E-state index in [1.165, 1.54) is 0 Å². The third-order valence-corrected chi connectivity index (χ3v) is 1.09. The molecule has 0 saturated heterocycles. The zero-order valence-electron chi connectivity index (χ0n) is 6.09. The minimum absolute atomic E-state index is 0.366. The van der Waals surface area contributed by atoms with Gasteiger partial charge in [0.2, 0.25) is 0 Å².